The Balaban J connectivity index is 1.39. The van der Waals surface area contributed by atoms with Crippen LogP contribution in [0.4, 0.5) is 4.79 Å². The van der Waals surface area contributed by atoms with E-state index in [9.17, 15) is 4.79 Å². The van der Waals surface area contributed by atoms with Gasteiger partial charge in [0, 0.05) is 19.5 Å². The second-order valence-electron chi connectivity index (χ2n) is 12.7. The van der Waals surface area contributed by atoms with Gasteiger partial charge in [-0.3, -0.25) is 0 Å². The van der Waals surface area contributed by atoms with E-state index >= 15 is 0 Å². The number of allylic oxidation sites excluding steroid dienone is 1. The molecule has 0 aromatic carbocycles. The number of carbonyl (C=O) groups is 1. The fourth-order valence-electron chi connectivity index (χ4n) is 8.62. The summed E-state index contributed by atoms with van der Waals surface area (Å²) in [6.45, 7) is 10.9. The molecular formula is C29H50N2O2. The molecule has 0 bridgehead atoms. The fourth-order valence-corrected chi connectivity index (χ4v) is 8.62. The number of rotatable bonds is 8. The van der Waals surface area contributed by atoms with Crippen molar-refractivity contribution in [2.24, 2.45) is 46.2 Å². The van der Waals surface area contributed by atoms with Gasteiger partial charge in [-0.05, 0) is 91.8 Å². The van der Waals surface area contributed by atoms with E-state index < -0.39 is 0 Å². The highest BCUT2D eigenvalue weighted by Gasteiger charge is 2.58. The van der Waals surface area contributed by atoms with Crippen LogP contribution in [0.15, 0.2) is 11.6 Å². The number of hydrogen-bond donors (Lipinski definition) is 2. The third-order valence-electron chi connectivity index (χ3n) is 10.5. The number of carbonyl (C=O) groups excluding carboxylic acids is 1. The van der Waals surface area contributed by atoms with Gasteiger partial charge in [-0.2, -0.15) is 0 Å². The third kappa shape index (κ3) is 5.02. The average Bonchev–Trinajstić information content (AvgIpc) is 3.11. The van der Waals surface area contributed by atoms with E-state index in [1.165, 1.54) is 57.8 Å². The van der Waals surface area contributed by atoms with E-state index in [0.29, 0.717) is 23.9 Å². The summed E-state index contributed by atoms with van der Waals surface area (Å²) in [5.41, 5.74) is 7.96. The molecule has 0 aromatic heterocycles. The van der Waals surface area contributed by atoms with Crippen LogP contribution in [0.25, 0.3) is 0 Å². The summed E-state index contributed by atoms with van der Waals surface area (Å²) in [5.74, 6) is 4.39. The predicted molar refractivity (Wildman–Crippen MR) is 136 cm³/mol. The molecule has 33 heavy (non-hydrogen) atoms. The van der Waals surface area contributed by atoms with E-state index in [2.05, 4.69) is 39.1 Å². The standard InChI is InChI=1S/C29H50N2O2/c1-20(2)7-5-6-8-21-10-12-25-24-11-9-22-19-23(33-27(32)31-18-17-30)13-15-29(22,4)26(24)14-16-28(21,25)3/h9,20-21,23-26H,5-8,10-19,30H2,1-4H3,(H,31,32)/t21-,23?,24?,25?,26?,28+,29?/m0/s1. The monoisotopic (exact) mass is 458 g/mol. The highest BCUT2D eigenvalue weighted by atomic mass is 16.6. The number of nitrogens with two attached hydrogens (primary N) is 1. The van der Waals surface area contributed by atoms with Crippen molar-refractivity contribution in [1.82, 2.24) is 5.32 Å². The molecule has 4 aliphatic rings. The normalized spacial score (nSPS) is 39.9. The first-order chi connectivity index (χ1) is 15.8. The van der Waals surface area contributed by atoms with E-state index in [0.717, 1.165) is 48.9 Å². The van der Waals surface area contributed by atoms with Crippen LogP contribution in [0.5, 0.6) is 0 Å². The van der Waals surface area contributed by atoms with Gasteiger partial charge in [-0.25, -0.2) is 4.79 Å². The number of ether oxygens (including phenoxy) is 1. The zero-order chi connectivity index (χ0) is 23.6. The minimum absolute atomic E-state index is 0.0224. The molecule has 0 radical (unpaired) electrons. The molecule has 188 valence electrons. The minimum Gasteiger partial charge on any atom is -0.446 e. The SMILES string of the molecule is CC(C)CCCC[C@H]1CCC2C3CC=C4CC(OC(=O)NCCN)CCC4(C)C3CC[C@@]21C. The van der Waals surface area contributed by atoms with Gasteiger partial charge < -0.3 is 15.8 Å². The average molecular weight is 459 g/mol. The van der Waals surface area contributed by atoms with E-state index in [-0.39, 0.29) is 12.2 Å². The third-order valence-corrected chi connectivity index (χ3v) is 10.5. The lowest BCUT2D eigenvalue weighted by molar-refractivity contribution is -0.0519. The number of amides is 1. The number of fused-ring (bicyclic) bond motifs is 5. The Bertz CT molecular complexity index is 718. The molecule has 3 N–H and O–H groups in total. The number of hydrogen-bond acceptors (Lipinski definition) is 3. The number of nitrogens with one attached hydrogen (secondary N) is 1. The van der Waals surface area contributed by atoms with Crippen LogP contribution in [-0.2, 0) is 4.74 Å². The maximum absolute atomic E-state index is 12.0. The van der Waals surface area contributed by atoms with Gasteiger partial charge in [0.05, 0.1) is 0 Å². The van der Waals surface area contributed by atoms with Crippen molar-refractivity contribution >= 4 is 6.09 Å². The van der Waals surface area contributed by atoms with E-state index in [1.54, 1.807) is 5.57 Å². The van der Waals surface area contributed by atoms with Crippen LogP contribution in [0, 0.1) is 40.4 Å². The quantitative estimate of drug-likeness (QED) is 0.309. The molecule has 3 fully saturated rings. The first-order valence-electron chi connectivity index (χ1n) is 14.1. The molecule has 4 heteroatoms. The van der Waals surface area contributed by atoms with Gasteiger partial charge in [0.15, 0.2) is 0 Å². The maximum Gasteiger partial charge on any atom is 0.407 e. The van der Waals surface area contributed by atoms with Gasteiger partial charge >= 0.3 is 6.09 Å². The largest absolute Gasteiger partial charge is 0.446 e. The summed E-state index contributed by atoms with van der Waals surface area (Å²) in [6, 6.07) is 0. The molecule has 0 spiro atoms. The van der Waals surface area contributed by atoms with Gasteiger partial charge in [0.1, 0.15) is 6.10 Å². The summed E-state index contributed by atoms with van der Waals surface area (Å²) in [5, 5.41) is 2.76. The van der Waals surface area contributed by atoms with Gasteiger partial charge in [0.25, 0.3) is 0 Å². The van der Waals surface area contributed by atoms with Crippen molar-refractivity contribution in [3.63, 3.8) is 0 Å². The summed E-state index contributed by atoms with van der Waals surface area (Å²) in [6.07, 6.45) is 18.1. The van der Waals surface area contributed by atoms with Crippen molar-refractivity contribution in [2.45, 2.75) is 111 Å². The van der Waals surface area contributed by atoms with Crippen LogP contribution >= 0.6 is 0 Å². The fraction of sp³-hybridized carbons (Fsp3) is 0.897. The molecule has 7 atom stereocenters. The second kappa shape index (κ2) is 10.3. The Hall–Kier alpha value is -1.03. The summed E-state index contributed by atoms with van der Waals surface area (Å²) in [7, 11) is 0. The molecule has 0 saturated heterocycles. The topological polar surface area (TPSA) is 64.3 Å². The van der Waals surface area contributed by atoms with Gasteiger partial charge in [-0.15, -0.1) is 0 Å². The summed E-state index contributed by atoms with van der Waals surface area (Å²) in [4.78, 5) is 12.0. The molecule has 0 aliphatic heterocycles. The first kappa shape index (κ1) is 25.1. The molecule has 0 heterocycles. The van der Waals surface area contributed by atoms with Crippen LogP contribution in [0.1, 0.15) is 105 Å². The smallest absolute Gasteiger partial charge is 0.407 e. The molecule has 1 amide bonds. The highest BCUT2D eigenvalue weighted by Crippen LogP contribution is 2.66. The summed E-state index contributed by atoms with van der Waals surface area (Å²) < 4.78 is 5.74. The molecule has 4 rings (SSSR count). The van der Waals surface area contributed by atoms with E-state index in [1.807, 2.05) is 0 Å². The molecule has 3 saturated carbocycles. The van der Waals surface area contributed by atoms with Crippen molar-refractivity contribution in [3.8, 4) is 0 Å². The minimum atomic E-state index is -0.304. The molecule has 0 aromatic rings. The predicted octanol–water partition coefficient (Wildman–Crippen LogP) is 6.84. The Morgan fingerprint density at radius 2 is 1.97 bits per heavy atom. The van der Waals surface area contributed by atoms with E-state index in [4.69, 9.17) is 10.5 Å². The van der Waals surface area contributed by atoms with Crippen molar-refractivity contribution in [3.05, 3.63) is 11.6 Å². The van der Waals surface area contributed by atoms with Crippen molar-refractivity contribution < 1.29 is 9.53 Å². The highest BCUT2D eigenvalue weighted by molar-refractivity contribution is 5.67. The maximum atomic E-state index is 12.0. The molecule has 5 unspecified atom stereocenters. The second-order valence-corrected chi connectivity index (χ2v) is 12.7. The van der Waals surface area contributed by atoms with Gasteiger partial charge in [-0.1, -0.05) is 58.6 Å². The van der Waals surface area contributed by atoms with Crippen LogP contribution in [0.3, 0.4) is 0 Å². The molecule has 4 aliphatic carbocycles. The zero-order valence-corrected chi connectivity index (χ0v) is 21.8. The number of alkyl carbamates (subject to hydrolysis) is 1. The number of unbranched alkanes of at least 4 members (excludes halogenated alkanes) is 1. The Morgan fingerprint density at radius 3 is 2.73 bits per heavy atom. The Morgan fingerprint density at radius 1 is 1.15 bits per heavy atom. The molecular weight excluding hydrogens is 408 g/mol. The lowest BCUT2D eigenvalue weighted by atomic mass is 9.47. The lowest BCUT2D eigenvalue weighted by Gasteiger charge is -2.58. The van der Waals surface area contributed by atoms with Gasteiger partial charge in [0.2, 0.25) is 0 Å². The van der Waals surface area contributed by atoms with Crippen LogP contribution in [0.2, 0.25) is 0 Å². The van der Waals surface area contributed by atoms with Crippen LogP contribution in [-0.4, -0.2) is 25.3 Å². The zero-order valence-electron chi connectivity index (χ0n) is 21.8. The molecule has 4 nitrogen and oxygen atoms in total. The van der Waals surface area contributed by atoms with Crippen LogP contribution < -0.4 is 11.1 Å². The van der Waals surface area contributed by atoms with Crippen molar-refractivity contribution in [1.29, 1.82) is 0 Å². The summed E-state index contributed by atoms with van der Waals surface area (Å²) >= 11 is 0. The lowest BCUT2D eigenvalue weighted by Crippen LogP contribution is -2.50. The van der Waals surface area contributed by atoms with Crippen molar-refractivity contribution in [2.75, 3.05) is 13.1 Å². The Labute approximate surface area is 202 Å². The first-order valence-corrected chi connectivity index (χ1v) is 14.1. The Kier molecular flexibility index (Phi) is 7.83.